The van der Waals surface area contributed by atoms with Crippen molar-refractivity contribution in [1.82, 2.24) is 0 Å². The van der Waals surface area contributed by atoms with Gasteiger partial charge in [0, 0.05) is 6.42 Å². The van der Waals surface area contributed by atoms with E-state index in [2.05, 4.69) is 38.1 Å². The summed E-state index contributed by atoms with van der Waals surface area (Å²) in [4.78, 5) is 11.2. The van der Waals surface area contributed by atoms with Crippen molar-refractivity contribution in [3.05, 3.63) is 35.4 Å². The topological polar surface area (TPSA) is 26.3 Å². The minimum Gasteiger partial charge on any atom is -0.466 e. The molecule has 0 aliphatic carbocycles. The first-order chi connectivity index (χ1) is 8.13. The van der Waals surface area contributed by atoms with Crippen molar-refractivity contribution in [3.8, 4) is 0 Å². The van der Waals surface area contributed by atoms with Crippen LogP contribution in [0.2, 0.25) is 0 Å². The molecule has 2 heteroatoms. The second kappa shape index (κ2) is 7.10. The fourth-order valence-electron chi connectivity index (χ4n) is 1.74. The molecule has 0 bridgehead atoms. The molecule has 2 nitrogen and oxygen atoms in total. The van der Waals surface area contributed by atoms with Gasteiger partial charge in [0.1, 0.15) is 0 Å². The maximum atomic E-state index is 11.2. The number of ether oxygens (including phenoxy) is 1. The van der Waals surface area contributed by atoms with E-state index in [1.54, 1.807) is 0 Å². The summed E-state index contributed by atoms with van der Waals surface area (Å²) >= 11 is 0. The third kappa shape index (κ3) is 5.03. The van der Waals surface area contributed by atoms with Crippen molar-refractivity contribution in [2.75, 3.05) is 6.61 Å². The second-order valence-electron chi connectivity index (χ2n) is 4.55. The summed E-state index contributed by atoms with van der Waals surface area (Å²) in [7, 11) is 0. The first-order valence-electron chi connectivity index (χ1n) is 6.38. The Morgan fingerprint density at radius 1 is 1.24 bits per heavy atom. The highest BCUT2D eigenvalue weighted by molar-refractivity contribution is 5.69. The molecule has 0 spiro atoms. The zero-order valence-electron chi connectivity index (χ0n) is 11.0. The Morgan fingerprint density at radius 2 is 1.88 bits per heavy atom. The van der Waals surface area contributed by atoms with Gasteiger partial charge in [-0.25, -0.2) is 0 Å². The molecule has 1 rings (SSSR count). The number of carbonyl (C=O) groups excluding carboxylic acids is 1. The Kier molecular flexibility index (Phi) is 5.75. The van der Waals surface area contributed by atoms with Gasteiger partial charge in [0.2, 0.25) is 0 Å². The van der Waals surface area contributed by atoms with E-state index in [-0.39, 0.29) is 5.97 Å². The average Bonchev–Trinajstić information content (AvgIpc) is 2.30. The molecule has 1 aromatic carbocycles. The Morgan fingerprint density at radius 3 is 2.41 bits per heavy atom. The summed E-state index contributed by atoms with van der Waals surface area (Å²) in [6, 6.07) is 8.65. The molecule has 1 aromatic rings. The zero-order valence-corrected chi connectivity index (χ0v) is 11.0. The molecule has 0 unspecified atom stereocenters. The van der Waals surface area contributed by atoms with Crippen LogP contribution in [0, 0.1) is 0 Å². The normalized spacial score (nSPS) is 10.6. The quantitative estimate of drug-likeness (QED) is 0.702. The van der Waals surface area contributed by atoms with Gasteiger partial charge >= 0.3 is 5.97 Å². The maximum Gasteiger partial charge on any atom is 0.305 e. The molecule has 0 atom stereocenters. The number of benzene rings is 1. The Balaban J connectivity index is 2.35. The number of aryl methyl sites for hydroxylation is 1. The summed E-state index contributed by atoms with van der Waals surface area (Å²) < 4.78 is 4.89. The molecular formula is C15H22O2. The molecule has 17 heavy (non-hydrogen) atoms. The molecule has 0 amide bonds. The molecule has 0 N–H and O–H groups in total. The number of hydrogen-bond acceptors (Lipinski definition) is 2. The van der Waals surface area contributed by atoms with Gasteiger partial charge in [0.25, 0.3) is 0 Å². The van der Waals surface area contributed by atoms with Crippen LogP contribution in [0.3, 0.4) is 0 Å². The smallest absolute Gasteiger partial charge is 0.305 e. The number of esters is 1. The first-order valence-corrected chi connectivity index (χ1v) is 6.38. The van der Waals surface area contributed by atoms with Crippen LogP contribution in [0.4, 0.5) is 0 Å². The summed E-state index contributed by atoms with van der Waals surface area (Å²) in [5.74, 6) is 0.481. The predicted octanol–water partition coefficient (Wildman–Crippen LogP) is 3.70. The Bertz CT molecular complexity index is 338. The van der Waals surface area contributed by atoms with Gasteiger partial charge in [0.05, 0.1) is 6.61 Å². The van der Waals surface area contributed by atoms with Gasteiger partial charge in [-0.05, 0) is 36.8 Å². The molecule has 0 fully saturated rings. The van der Waals surface area contributed by atoms with E-state index < -0.39 is 0 Å². The number of rotatable bonds is 6. The SMILES string of the molecule is CCOC(=O)CCCc1ccc(C(C)C)cc1. The molecule has 0 aromatic heterocycles. The predicted molar refractivity (Wildman–Crippen MR) is 70.1 cm³/mol. The van der Waals surface area contributed by atoms with E-state index in [0.29, 0.717) is 18.9 Å². The van der Waals surface area contributed by atoms with Gasteiger partial charge in [-0.2, -0.15) is 0 Å². The summed E-state index contributed by atoms with van der Waals surface area (Å²) in [5.41, 5.74) is 2.65. The van der Waals surface area contributed by atoms with Crippen molar-refractivity contribution in [2.24, 2.45) is 0 Å². The lowest BCUT2D eigenvalue weighted by molar-refractivity contribution is -0.143. The van der Waals surface area contributed by atoms with E-state index in [0.717, 1.165) is 12.8 Å². The summed E-state index contributed by atoms with van der Waals surface area (Å²) in [6.07, 6.45) is 2.32. The van der Waals surface area contributed by atoms with E-state index in [1.165, 1.54) is 11.1 Å². The molecule has 0 radical (unpaired) electrons. The van der Waals surface area contributed by atoms with Crippen LogP contribution in [-0.2, 0) is 16.0 Å². The van der Waals surface area contributed by atoms with Gasteiger partial charge in [0.15, 0.2) is 0 Å². The zero-order chi connectivity index (χ0) is 12.7. The van der Waals surface area contributed by atoms with Crippen LogP contribution in [0.5, 0.6) is 0 Å². The van der Waals surface area contributed by atoms with Crippen molar-refractivity contribution in [2.45, 2.75) is 46.0 Å². The maximum absolute atomic E-state index is 11.2. The van der Waals surface area contributed by atoms with Crippen LogP contribution in [-0.4, -0.2) is 12.6 Å². The van der Waals surface area contributed by atoms with E-state index in [4.69, 9.17) is 4.74 Å². The van der Waals surface area contributed by atoms with Gasteiger partial charge in [-0.15, -0.1) is 0 Å². The van der Waals surface area contributed by atoms with Gasteiger partial charge < -0.3 is 4.74 Å². The number of hydrogen-bond donors (Lipinski definition) is 0. The highest BCUT2D eigenvalue weighted by Gasteiger charge is 2.02. The van der Waals surface area contributed by atoms with Gasteiger partial charge in [-0.1, -0.05) is 38.1 Å². The third-order valence-corrected chi connectivity index (χ3v) is 2.80. The molecule has 0 heterocycles. The molecule has 94 valence electrons. The fourth-order valence-corrected chi connectivity index (χ4v) is 1.74. The third-order valence-electron chi connectivity index (χ3n) is 2.80. The largest absolute Gasteiger partial charge is 0.466 e. The molecule has 0 aliphatic heterocycles. The Hall–Kier alpha value is -1.31. The monoisotopic (exact) mass is 234 g/mol. The average molecular weight is 234 g/mol. The van der Waals surface area contributed by atoms with Crippen LogP contribution in [0.1, 0.15) is 50.7 Å². The Labute approximate surface area is 104 Å². The molecular weight excluding hydrogens is 212 g/mol. The van der Waals surface area contributed by atoms with Crippen LogP contribution < -0.4 is 0 Å². The van der Waals surface area contributed by atoms with E-state index in [9.17, 15) is 4.79 Å². The number of carbonyl (C=O) groups is 1. The summed E-state index contributed by atoms with van der Waals surface area (Å²) in [5, 5.41) is 0. The molecule has 0 aliphatic rings. The van der Waals surface area contributed by atoms with Crippen molar-refractivity contribution >= 4 is 5.97 Å². The van der Waals surface area contributed by atoms with Gasteiger partial charge in [-0.3, -0.25) is 4.79 Å². The lowest BCUT2D eigenvalue weighted by Crippen LogP contribution is -2.04. The van der Waals surface area contributed by atoms with Crippen molar-refractivity contribution < 1.29 is 9.53 Å². The standard InChI is InChI=1S/C15H22O2/c1-4-17-15(16)7-5-6-13-8-10-14(11-9-13)12(2)3/h8-12H,4-7H2,1-3H3. The van der Waals surface area contributed by atoms with Crippen LogP contribution in [0.15, 0.2) is 24.3 Å². The second-order valence-corrected chi connectivity index (χ2v) is 4.55. The first kappa shape index (κ1) is 13.8. The minimum atomic E-state index is -0.0914. The van der Waals surface area contributed by atoms with Crippen molar-refractivity contribution in [3.63, 3.8) is 0 Å². The molecule has 0 saturated heterocycles. The fraction of sp³-hybridized carbons (Fsp3) is 0.533. The highest BCUT2D eigenvalue weighted by atomic mass is 16.5. The van der Waals surface area contributed by atoms with Crippen LogP contribution in [0.25, 0.3) is 0 Å². The summed E-state index contributed by atoms with van der Waals surface area (Å²) in [6.45, 7) is 6.69. The minimum absolute atomic E-state index is 0.0914. The lowest BCUT2D eigenvalue weighted by atomic mass is 10.00. The van der Waals surface area contributed by atoms with E-state index in [1.807, 2.05) is 6.92 Å². The highest BCUT2D eigenvalue weighted by Crippen LogP contribution is 2.15. The van der Waals surface area contributed by atoms with E-state index >= 15 is 0 Å². The van der Waals surface area contributed by atoms with Crippen molar-refractivity contribution in [1.29, 1.82) is 0 Å². The van der Waals surface area contributed by atoms with Crippen LogP contribution >= 0.6 is 0 Å². The lowest BCUT2D eigenvalue weighted by Gasteiger charge is -2.06. The molecule has 0 saturated carbocycles.